The van der Waals surface area contributed by atoms with Crippen LogP contribution in [0.1, 0.15) is 47.3 Å². The van der Waals surface area contributed by atoms with Gasteiger partial charge in [0.05, 0.1) is 11.0 Å². The minimum Gasteiger partial charge on any atom is -0.385 e. The van der Waals surface area contributed by atoms with Crippen molar-refractivity contribution in [3.05, 3.63) is 75.9 Å². The van der Waals surface area contributed by atoms with Gasteiger partial charge in [-0.15, -0.1) is 0 Å². The maximum Gasteiger partial charge on any atom is 0.135 e. The second-order valence-corrected chi connectivity index (χ2v) is 9.00. The first-order valence-electron chi connectivity index (χ1n) is 11.0. The molecule has 3 heterocycles. The van der Waals surface area contributed by atoms with Crippen molar-refractivity contribution in [2.24, 2.45) is 0 Å². The molecule has 2 unspecified atom stereocenters. The first-order valence-corrected chi connectivity index (χ1v) is 11.4. The summed E-state index contributed by atoms with van der Waals surface area (Å²) in [4.78, 5) is 11.6. The molecule has 2 aromatic heterocycles. The zero-order chi connectivity index (χ0) is 22.4. The Balaban J connectivity index is 1.62. The number of fused-ring (bicyclic) bond motifs is 2. The molecule has 2 N–H and O–H groups in total. The van der Waals surface area contributed by atoms with Crippen LogP contribution < -0.4 is 4.90 Å². The van der Waals surface area contributed by atoms with E-state index in [2.05, 4.69) is 9.88 Å². The molecule has 1 aliphatic heterocycles. The Morgan fingerprint density at radius 1 is 0.812 bits per heavy atom. The number of aromatic nitrogens is 2. The van der Waals surface area contributed by atoms with Gasteiger partial charge >= 0.3 is 0 Å². The van der Waals surface area contributed by atoms with E-state index in [4.69, 9.17) is 16.6 Å². The maximum absolute atomic E-state index is 11.4. The number of hydrogen-bond donors (Lipinski definition) is 2. The third kappa shape index (κ3) is 3.60. The summed E-state index contributed by atoms with van der Waals surface area (Å²) in [5, 5.41) is 24.6. The molecule has 32 heavy (non-hydrogen) atoms. The van der Waals surface area contributed by atoms with Crippen molar-refractivity contribution in [1.82, 2.24) is 9.97 Å². The highest BCUT2D eigenvalue weighted by molar-refractivity contribution is 6.30. The van der Waals surface area contributed by atoms with Crippen molar-refractivity contribution in [2.45, 2.75) is 38.9 Å². The number of hydrogen-bond acceptors (Lipinski definition) is 5. The molecule has 6 heteroatoms. The van der Waals surface area contributed by atoms with Crippen LogP contribution in [-0.4, -0.2) is 33.3 Å². The average Bonchev–Trinajstić information content (AvgIpc) is 3.33. The van der Waals surface area contributed by atoms with E-state index in [0.717, 1.165) is 64.7 Å². The van der Waals surface area contributed by atoms with E-state index < -0.39 is 12.2 Å². The number of para-hydroxylation sites is 2. The lowest BCUT2D eigenvalue weighted by atomic mass is 9.96. The maximum atomic E-state index is 11.4. The summed E-state index contributed by atoms with van der Waals surface area (Å²) in [6, 6.07) is 15.6. The summed E-state index contributed by atoms with van der Waals surface area (Å²) < 4.78 is 0. The monoisotopic (exact) mass is 447 g/mol. The van der Waals surface area contributed by atoms with Crippen LogP contribution >= 0.6 is 11.6 Å². The lowest BCUT2D eigenvalue weighted by Crippen LogP contribution is -2.23. The van der Waals surface area contributed by atoms with Crippen LogP contribution in [0.2, 0.25) is 5.15 Å². The van der Waals surface area contributed by atoms with Gasteiger partial charge in [0.1, 0.15) is 23.2 Å². The SMILES string of the molecule is Cc1cccc2cc(C(O)C(O)c3cc4cccc(C)c4nc3N3CCCC3)c(Cl)nc12. The number of pyridine rings is 2. The fourth-order valence-electron chi connectivity index (χ4n) is 4.64. The molecule has 5 rings (SSSR count). The molecule has 2 aromatic carbocycles. The molecule has 1 fully saturated rings. The second-order valence-electron chi connectivity index (χ2n) is 8.65. The molecule has 164 valence electrons. The summed E-state index contributed by atoms with van der Waals surface area (Å²) in [7, 11) is 0. The largest absolute Gasteiger partial charge is 0.385 e. The number of rotatable bonds is 4. The van der Waals surface area contributed by atoms with Crippen molar-refractivity contribution < 1.29 is 10.2 Å². The van der Waals surface area contributed by atoms with Crippen molar-refractivity contribution in [1.29, 1.82) is 0 Å². The standard InChI is InChI=1S/C26H26ClN3O2/c1-15-7-5-9-17-13-19(25(27)28-21(15)17)23(31)24(32)20-14-18-10-6-8-16(2)22(18)29-26(20)30-11-3-4-12-30/h5-10,13-14,23-24,31-32H,3-4,11-12H2,1-2H3. The zero-order valence-electron chi connectivity index (χ0n) is 18.2. The number of nitrogens with zero attached hydrogens (tertiary/aromatic N) is 3. The Morgan fingerprint density at radius 3 is 1.97 bits per heavy atom. The van der Waals surface area contributed by atoms with E-state index in [1.165, 1.54) is 0 Å². The van der Waals surface area contributed by atoms with Crippen molar-refractivity contribution in [3.8, 4) is 0 Å². The summed E-state index contributed by atoms with van der Waals surface area (Å²) in [6.07, 6.45) is -0.244. The number of aliphatic hydroxyl groups excluding tert-OH is 2. The van der Waals surface area contributed by atoms with Gasteiger partial charge in [-0.25, -0.2) is 9.97 Å². The van der Waals surface area contributed by atoms with Gasteiger partial charge in [-0.05, 0) is 49.9 Å². The molecule has 2 atom stereocenters. The van der Waals surface area contributed by atoms with Crippen LogP contribution in [0.3, 0.4) is 0 Å². The molecule has 5 nitrogen and oxygen atoms in total. The third-order valence-electron chi connectivity index (χ3n) is 6.43. The fourth-order valence-corrected chi connectivity index (χ4v) is 4.89. The van der Waals surface area contributed by atoms with Gasteiger partial charge in [0.25, 0.3) is 0 Å². The highest BCUT2D eigenvalue weighted by atomic mass is 35.5. The zero-order valence-corrected chi connectivity index (χ0v) is 19.0. The molecule has 0 aliphatic carbocycles. The molecule has 1 aliphatic rings. The van der Waals surface area contributed by atoms with E-state index in [9.17, 15) is 10.2 Å². The molecule has 4 aromatic rings. The lowest BCUT2D eigenvalue weighted by molar-refractivity contribution is 0.0174. The van der Waals surface area contributed by atoms with E-state index >= 15 is 0 Å². The number of anilines is 1. The summed E-state index contributed by atoms with van der Waals surface area (Å²) in [6.45, 7) is 5.79. The number of benzene rings is 2. The van der Waals surface area contributed by atoms with Crippen LogP contribution in [0, 0.1) is 13.8 Å². The Kier molecular flexibility index (Phi) is 5.49. The van der Waals surface area contributed by atoms with E-state index in [0.29, 0.717) is 11.1 Å². The van der Waals surface area contributed by atoms with Gasteiger partial charge in [0.15, 0.2) is 0 Å². The van der Waals surface area contributed by atoms with E-state index in [1.54, 1.807) is 0 Å². The highest BCUT2D eigenvalue weighted by Crippen LogP contribution is 2.39. The van der Waals surface area contributed by atoms with Crippen LogP contribution in [0.4, 0.5) is 5.82 Å². The van der Waals surface area contributed by atoms with Crippen LogP contribution in [-0.2, 0) is 0 Å². The van der Waals surface area contributed by atoms with Crippen molar-refractivity contribution in [2.75, 3.05) is 18.0 Å². The fraction of sp³-hybridized carbons (Fsp3) is 0.308. The van der Waals surface area contributed by atoms with E-state index in [1.807, 2.05) is 62.4 Å². The molecular weight excluding hydrogens is 422 g/mol. The molecule has 0 saturated carbocycles. The van der Waals surface area contributed by atoms with Crippen molar-refractivity contribution in [3.63, 3.8) is 0 Å². The first-order chi connectivity index (χ1) is 15.4. The van der Waals surface area contributed by atoms with Gasteiger partial charge in [-0.1, -0.05) is 48.0 Å². The summed E-state index contributed by atoms with van der Waals surface area (Å²) in [5.41, 5.74) is 4.83. The van der Waals surface area contributed by atoms with Crippen LogP contribution in [0.5, 0.6) is 0 Å². The molecule has 1 saturated heterocycles. The number of aliphatic hydroxyl groups is 2. The predicted octanol–water partition coefficient (Wildman–Crippen LogP) is 5.42. The van der Waals surface area contributed by atoms with Gasteiger partial charge < -0.3 is 15.1 Å². The smallest absolute Gasteiger partial charge is 0.135 e. The minimum absolute atomic E-state index is 0.200. The topological polar surface area (TPSA) is 69.5 Å². The normalized spacial score (nSPS) is 16.1. The number of halogens is 1. The lowest BCUT2D eigenvalue weighted by Gasteiger charge is -2.26. The Labute approximate surface area is 192 Å². The van der Waals surface area contributed by atoms with Gasteiger partial charge in [-0.2, -0.15) is 0 Å². The molecular formula is C26H26ClN3O2. The van der Waals surface area contributed by atoms with Gasteiger partial charge in [0.2, 0.25) is 0 Å². The average molecular weight is 448 g/mol. The summed E-state index contributed by atoms with van der Waals surface area (Å²) in [5.74, 6) is 0.733. The second kappa shape index (κ2) is 8.32. The minimum atomic E-state index is -1.23. The Bertz CT molecular complexity index is 1320. The van der Waals surface area contributed by atoms with Gasteiger partial charge in [0, 0.05) is 35.0 Å². The molecule has 0 amide bonds. The summed E-state index contributed by atoms with van der Waals surface area (Å²) >= 11 is 6.48. The number of aryl methyl sites for hydroxylation is 2. The van der Waals surface area contributed by atoms with Crippen LogP contribution in [0.15, 0.2) is 48.5 Å². The molecule has 0 radical (unpaired) electrons. The molecule has 0 spiro atoms. The van der Waals surface area contributed by atoms with Gasteiger partial charge in [-0.3, -0.25) is 0 Å². The Hall–Kier alpha value is -2.73. The van der Waals surface area contributed by atoms with Crippen molar-refractivity contribution >= 4 is 39.2 Å². The van der Waals surface area contributed by atoms with E-state index in [-0.39, 0.29) is 5.15 Å². The quantitative estimate of drug-likeness (QED) is 0.409. The van der Waals surface area contributed by atoms with Crippen LogP contribution in [0.25, 0.3) is 21.8 Å². The predicted molar refractivity (Wildman–Crippen MR) is 129 cm³/mol. The Morgan fingerprint density at radius 2 is 1.34 bits per heavy atom. The first kappa shape index (κ1) is 21.1. The highest BCUT2D eigenvalue weighted by Gasteiger charge is 2.29. The third-order valence-corrected chi connectivity index (χ3v) is 6.73. The molecule has 0 bridgehead atoms.